The minimum absolute atomic E-state index is 0.371. The predicted molar refractivity (Wildman–Crippen MR) is 78.9 cm³/mol. The third-order valence-corrected chi connectivity index (χ3v) is 3.48. The summed E-state index contributed by atoms with van der Waals surface area (Å²) >= 11 is 3.27. The number of ether oxygens (including phenoxy) is 1. The zero-order valence-electron chi connectivity index (χ0n) is 10.8. The van der Waals surface area contributed by atoms with E-state index in [1.54, 1.807) is 6.07 Å². The Kier molecular flexibility index (Phi) is 4.74. The Morgan fingerprint density at radius 1 is 1.25 bits per heavy atom. The highest BCUT2D eigenvalue weighted by Gasteiger charge is 2.23. The lowest BCUT2D eigenvalue weighted by atomic mass is 10.1. The molecule has 0 aliphatic heterocycles. The fourth-order valence-corrected chi connectivity index (χ4v) is 2.40. The maximum Gasteiger partial charge on any atom is 0.333 e. The van der Waals surface area contributed by atoms with E-state index in [1.807, 2.05) is 30.3 Å². The molecule has 0 radical (unpaired) electrons. The maximum absolute atomic E-state index is 13.2. The summed E-state index contributed by atoms with van der Waals surface area (Å²) in [6.45, 7) is 0. The van der Waals surface area contributed by atoms with Gasteiger partial charge in [0.2, 0.25) is 0 Å². The molecule has 0 aliphatic rings. The second-order valence-electron chi connectivity index (χ2n) is 4.13. The molecule has 0 bridgehead atoms. The van der Waals surface area contributed by atoms with Crippen molar-refractivity contribution in [2.24, 2.45) is 0 Å². The van der Waals surface area contributed by atoms with Crippen LogP contribution in [0.1, 0.15) is 11.6 Å². The molecule has 5 heteroatoms. The molecule has 2 aromatic carbocycles. The lowest BCUT2D eigenvalue weighted by Gasteiger charge is -2.19. The molecule has 1 N–H and O–H groups in total. The number of rotatable bonds is 4. The summed E-state index contributed by atoms with van der Waals surface area (Å²) in [6.07, 6.45) is 0. The van der Waals surface area contributed by atoms with E-state index in [4.69, 9.17) is 4.74 Å². The molecular formula is C15H13BrFNO2. The van der Waals surface area contributed by atoms with Gasteiger partial charge in [-0.25, -0.2) is 9.18 Å². The predicted octanol–water partition coefficient (Wildman–Crippen LogP) is 3.91. The average Bonchev–Trinajstić information content (AvgIpc) is 2.46. The number of anilines is 1. The molecule has 104 valence electrons. The van der Waals surface area contributed by atoms with Crippen molar-refractivity contribution in [1.82, 2.24) is 0 Å². The van der Waals surface area contributed by atoms with Crippen molar-refractivity contribution in [2.45, 2.75) is 6.04 Å². The molecule has 3 nitrogen and oxygen atoms in total. The maximum atomic E-state index is 13.2. The molecule has 0 aromatic heterocycles. The first-order chi connectivity index (χ1) is 9.61. The standard InChI is InChI=1S/C15H13BrFNO2/c1-20-15(19)14(18-11-5-3-2-4-6-11)12-8-7-10(17)9-13(12)16/h2-9,14,18H,1H3. The van der Waals surface area contributed by atoms with Crippen molar-refractivity contribution < 1.29 is 13.9 Å². The van der Waals surface area contributed by atoms with Crippen molar-refractivity contribution >= 4 is 27.6 Å². The van der Waals surface area contributed by atoms with Gasteiger partial charge >= 0.3 is 5.97 Å². The number of hydrogen-bond donors (Lipinski definition) is 1. The van der Waals surface area contributed by atoms with E-state index < -0.39 is 12.0 Å². The first-order valence-electron chi connectivity index (χ1n) is 5.96. The number of hydrogen-bond acceptors (Lipinski definition) is 3. The Labute approximate surface area is 124 Å². The van der Waals surface area contributed by atoms with E-state index in [-0.39, 0.29) is 5.82 Å². The summed E-state index contributed by atoms with van der Waals surface area (Å²) in [7, 11) is 1.32. The van der Waals surface area contributed by atoms with Gasteiger partial charge < -0.3 is 10.1 Å². The number of halogens is 2. The molecular weight excluding hydrogens is 325 g/mol. The molecule has 0 fully saturated rings. The molecule has 2 rings (SSSR count). The highest BCUT2D eigenvalue weighted by atomic mass is 79.9. The van der Waals surface area contributed by atoms with E-state index in [2.05, 4.69) is 21.2 Å². The molecule has 2 aromatic rings. The van der Waals surface area contributed by atoms with Crippen LogP contribution in [0.3, 0.4) is 0 Å². The first kappa shape index (κ1) is 14.5. The average molecular weight is 338 g/mol. The van der Waals surface area contributed by atoms with Gasteiger partial charge in [-0.15, -0.1) is 0 Å². The monoisotopic (exact) mass is 337 g/mol. The summed E-state index contributed by atoms with van der Waals surface area (Å²) in [5.74, 6) is -0.815. The number of carbonyl (C=O) groups excluding carboxylic acids is 1. The zero-order chi connectivity index (χ0) is 14.5. The van der Waals surface area contributed by atoms with Gasteiger partial charge in [-0.2, -0.15) is 0 Å². The lowest BCUT2D eigenvalue weighted by Crippen LogP contribution is -2.22. The molecule has 0 spiro atoms. The number of esters is 1. The molecule has 0 saturated heterocycles. The first-order valence-corrected chi connectivity index (χ1v) is 6.75. The van der Waals surface area contributed by atoms with Gasteiger partial charge in [-0.05, 0) is 29.8 Å². The normalized spacial score (nSPS) is 11.8. The summed E-state index contributed by atoms with van der Waals surface area (Å²) in [4.78, 5) is 12.0. The minimum atomic E-state index is -0.711. The molecule has 0 amide bonds. The lowest BCUT2D eigenvalue weighted by molar-refractivity contribution is -0.141. The van der Waals surface area contributed by atoms with Crippen molar-refractivity contribution in [2.75, 3.05) is 12.4 Å². The quantitative estimate of drug-likeness (QED) is 0.859. The third-order valence-electron chi connectivity index (χ3n) is 2.80. The number of para-hydroxylation sites is 1. The Balaban J connectivity index is 2.35. The summed E-state index contributed by atoms with van der Waals surface area (Å²) in [6, 6.07) is 12.7. The van der Waals surface area contributed by atoms with E-state index in [0.717, 1.165) is 5.69 Å². The van der Waals surface area contributed by atoms with Crippen LogP contribution in [-0.2, 0) is 9.53 Å². The smallest absolute Gasteiger partial charge is 0.333 e. The van der Waals surface area contributed by atoms with E-state index >= 15 is 0 Å². The van der Waals surface area contributed by atoms with Gasteiger partial charge in [0.1, 0.15) is 5.82 Å². The van der Waals surface area contributed by atoms with Crippen molar-refractivity contribution in [3.63, 3.8) is 0 Å². The van der Waals surface area contributed by atoms with Crippen LogP contribution in [0.4, 0.5) is 10.1 Å². The van der Waals surface area contributed by atoms with E-state index in [1.165, 1.54) is 19.2 Å². The summed E-state index contributed by atoms with van der Waals surface area (Å²) in [5, 5.41) is 3.08. The summed E-state index contributed by atoms with van der Waals surface area (Å²) in [5.41, 5.74) is 1.39. The topological polar surface area (TPSA) is 38.3 Å². The largest absolute Gasteiger partial charge is 0.467 e. The van der Waals surface area contributed by atoms with Crippen LogP contribution in [-0.4, -0.2) is 13.1 Å². The highest BCUT2D eigenvalue weighted by Crippen LogP contribution is 2.28. The van der Waals surface area contributed by atoms with Crippen LogP contribution in [0.2, 0.25) is 0 Å². The number of carbonyl (C=O) groups is 1. The molecule has 0 heterocycles. The van der Waals surface area contributed by atoms with Gasteiger partial charge in [0.05, 0.1) is 7.11 Å². The van der Waals surface area contributed by atoms with Crippen LogP contribution in [0, 0.1) is 5.82 Å². The van der Waals surface area contributed by atoms with Gasteiger partial charge in [0.25, 0.3) is 0 Å². The minimum Gasteiger partial charge on any atom is -0.467 e. The molecule has 1 unspecified atom stereocenters. The Bertz CT molecular complexity index is 604. The van der Waals surface area contributed by atoms with Crippen LogP contribution in [0.5, 0.6) is 0 Å². The number of methoxy groups -OCH3 is 1. The molecule has 0 aliphatic carbocycles. The highest BCUT2D eigenvalue weighted by molar-refractivity contribution is 9.10. The van der Waals surface area contributed by atoms with Crippen LogP contribution in [0.25, 0.3) is 0 Å². The zero-order valence-corrected chi connectivity index (χ0v) is 12.4. The number of benzene rings is 2. The Morgan fingerprint density at radius 3 is 2.55 bits per heavy atom. The fraction of sp³-hybridized carbons (Fsp3) is 0.133. The van der Waals surface area contributed by atoms with Crippen LogP contribution in [0.15, 0.2) is 53.0 Å². The van der Waals surface area contributed by atoms with Gasteiger partial charge in [-0.1, -0.05) is 40.2 Å². The van der Waals surface area contributed by atoms with Gasteiger partial charge in [-0.3, -0.25) is 0 Å². The van der Waals surface area contributed by atoms with E-state index in [0.29, 0.717) is 10.0 Å². The fourth-order valence-electron chi connectivity index (χ4n) is 1.82. The Hall–Kier alpha value is -1.88. The van der Waals surface area contributed by atoms with Crippen LogP contribution < -0.4 is 5.32 Å². The van der Waals surface area contributed by atoms with E-state index in [9.17, 15) is 9.18 Å². The second kappa shape index (κ2) is 6.52. The summed E-state index contributed by atoms with van der Waals surface area (Å²) < 4.78 is 18.5. The van der Waals surface area contributed by atoms with Crippen molar-refractivity contribution in [1.29, 1.82) is 0 Å². The molecule has 0 saturated carbocycles. The second-order valence-corrected chi connectivity index (χ2v) is 4.99. The SMILES string of the molecule is COC(=O)C(Nc1ccccc1)c1ccc(F)cc1Br. The number of nitrogens with one attached hydrogen (secondary N) is 1. The van der Waals surface area contributed by atoms with Crippen molar-refractivity contribution in [3.8, 4) is 0 Å². The third kappa shape index (κ3) is 3.36. The van der Waals surface area contributed by atoms with Crippen molar-refractivity contribution in [3.05, 3.63) is 64.4 Å². The molecule has 1 atom stereocenters. The Morgan fingerprint density at radius 2 is 1.95 bits per heavy atom. The molecule has 20 heavy (non-hydrogen) atoms. The van der Waals surface area contributed by atoms with Gasteiger partial charge in [0, 0.05) is 10.2 Å². The van der Waals surface area contributed by atoms with Crippen LogP contribution >= 0.6 is 15.9 Å². The van der Waals surface area contributed by atoms with Gasteiger partial charge in [0.15, 0.2) is 6.04 Å².